The van der Waals surface area contributed by atoms with E-state index in [1.807, 2.05) is 0 Å². The van der Waals surface area contributed by atoms with Gasteiger partial charge < -0.3 is 5.11 Å². The van der Waals surface area contributed by atoms with E-state index >= 15 is 0 Å². The summed E-state index contributed by atoms with van der Waals surface area (Å²) in [4.78, 5) is 0. The normalized spacial score (nSPS) is 28.1. The predicted octanol–water partition coefficient (Wildman–Crippen LogP) is 5.42. The van der Waals surface area contributed by atoms with Crippen LogP contribution in [-0.4, -0.2) is 10.7 Å². The van der Waals surface area contributed by atoms with Crippen LogP contribution in [0.1, 0.15) is 50.2 Å². The van der Waals surface area contributed by atoms with Gasteiger partial charge in [-0.3, -0.25) is 0 Å². The van der Waals surface area contributed by atoms with Crippen molar-refractivity contribution in [1.29, 1.82) is 0 Å². The van der Waals surface area contributed by atoms with Crippen LogP contribution in [0.4, 0.5) is 0 Å². The quantitative estimate of drug-likeness (QED) is 0.797. The maximum atomic E-state index is 11.5. The van der Waals surface area contributed by atoms with Crippen molar-refractivity contribution in [2.75, 3.05) is 0 Å². The van der Waals surface area contributed by atoms with Crippen LogP contribution in [0.15, 0.2) is 60.7 Å². The van der Waals surface area contributed by atoms with Gasteiger partial charge in [-0.05, 0) is 55.6 Å². The highest BCUT2D eigenvalue weighted by atomic mass is 16.3. The molecule has 1 saturated carbocycles. The summed E-state index contributed by atoms with van der Waals surface area (Å²) in [6.07, 6.45) is 8.02. The zero-order valence-corrected chi connectivity index (χ0v) is 14.8. The summed E-state index contributed by atoms with van der Waals surface area (Å²) in [7, 11) is 0. The molecule has 0 amide bonds. The van der Waals surface area contributed by atoms with Crippen LogP contribution in [0.5, 0.6) is 0 Å². The lowest BCUT2D eigenvalue weighted by Crippen LogP contribution is -2.45. The van der Waals surface area contributed by atoms with E-state index in [2.05, 4.69) is 67.6 Å². The molecule has 2 aromatic carbocycles. The van der Waals surface area contributed by atoms with E-state index in [4.69, 9.17) is 0 Å². The lowest BCUT2D eigenvalue weighted by molar-refractivity contribution is -0.0654. The molecule has 2 atom stereocenters. The van der Waals surface area contributed by atoms with Gasteiger partial charge in [-0.2, -0.15) is 0 Å². The molecule has 3 rings (SSSR count). The summed E-state index contributed by atoms with van der Waals surface area (Å²) in [5, 5.41) is 11.5. The van der Waals surface area contributed by atoms with Gasteiger partial charge in [-0.25, -0.2) is 0 Å². The standard InChI is InChI=1S/C23H30O/c1-23(24)21(17-19-11-5-2-6-12-19)15-9-4-10-16-22(23)18-20-13-7-3-8-14-20/h2-3,5-8,11-14,21-22,24H,4,9-10,15-18H2,1H3. The van der Waals surface area contributed by atoms with Crippen LogP contribution in [0.3, 0.4) is 0 Å². The molecule has 128 valence electrons. The van der Waals surface area contributed by atoms with Crippen molar-refractivity contribution in [2.24, 2.45) is 11.8 Å². The Morgan fingerprint density at radius 1 is 0.750 bits per heavy atom. The summed E-state index contributed by atoms with van der Waals surface area (Å²) in [5.74, 6) is 0.683. The molecule has 0 heterocycles. The SMILES string of the molecule is CC1(O)C(Cc2ccccc2)CCCCCC1Cc1ccccc1. The number of benzene rings is 2. The van der Waals surface area contributed by atoms with E-state index in [1.54, 1.807) is 0 Å². The Labute approximate surface area is 146 Å². The Morgan fingerprint density at radius 3 is 1.58 bits per heavy atom. The fourth-order valence-corrected chi connectivity index (χ4v) is 4.29. The van der Waals surface area contributed by atoms with Gasteiger partial charge in [-0.1, -0.05) is 79.9 Å². The summed E-state index contributed by atoms with van der Waals surface area (Å²) in [6.45, 7) is 2.10. The van der Waals surface area contributed by atoms with Crippen LogP contribution in [-0.2, 0) is 12.8 Å². The molecule has 1 heteroatoms. The lowest BCUT2D eigenvalue weighted by atomic mass is 9.68. The van der Waals surface area contributed by atoms with Crippen LogP contribution >= 0.6 is 0 Å². The molecule has 0 spiro atoms. The number of hydrogen-bond acceptors (Lipinski definition) is 1. The van der Waals surface area contributed by atoms with Crippen molar-refractivity contribution in [3.05, 3.63) is 71.8 Å². The summed E-state index contributed by atoms with van der Waals surface area (Å²) in [5.41, 5.74) is 2.09. The zero-order chi connectivity index (χ0) is 16.8. The van der Waals surface area contributed by atoms with E-state index in [9.17, 15) is 5.11 Å². The Balaban J connectivity index is 1.79. The molecule has 1 aliphatic rings. The Bertz CT molecular complexity index is 549. The second-order valence-electron chi connectivity index (χ2n) is 7.64. The molecular weight excluding hydrogens is 292 g/mol. The number of hydrogen-bond donors (Lipinski definition) is 1. The van der Waals surface area contributed by atoms with Crippen molar-refractivity contribution in [2.45, 2.75) is 57.5 Å². The van der Waals surface area contributed by atoms with Crippen molar-refractivity contribution in [3.63, 3.8) is 0 Å². The molecule has 1 N–H and O–H groups in total. The monoisotopic (exact) mass is 322 g/mol. The van der Waals surface area contributed by atoms with Crippen LogP contribution < -0.4 is 0 Å². The molecular formula is C23H30O. The van der Waals surface area contributed by atoms with Gasteiger partial charge in [0.15, 0.2) is 0 Å². The minimum absolute atomic E-state index is 0.342. The van der Waals surface area contributed by atoms with Gasteiger partial charge >= 0.3 is 0 Å². The molecule has 1 nitrogen and oxygen atoms in total. The third kappa shape index (κ3) is 4.27. The molecule has 0 saturated heterocycles. The largest absolute Gasteiger partial charge is 0.390 e. The van der Waals surface area contributed by atoms with E-state index in [1.165, 1.54) is 30.4 Å². The molecule has 2 aromatic rings. The van der Waals surface area contributed by atoms with E-state index in [0.717, 1.165) is 25.7 Å². The van der Waals surface area contributed by atoms with Gasteiger partial charge in [-0.15, -0.1) is 0 Å². The minimum Gasteiger partial charge on any atom is -0.390 e. The van der Waals surface area contributed by atoms with Crippen molar-refractivity contribution in [3.8, 4) is 0 Å². The van der Waals surface area contributed by atoms with Crippen LogP contribution in [0, 0.1) is 11.8 Å². The first-order valence-electron chi connectivity index (χ1n) is 9.46. The molecule has 24 heavy (non-hydrogen) atoms. The maximum absolute atomic E-state index is 11.5. The molecule has 0 aromatic heterocycles. The molecule has 0 radical (unpaired) electrons. The molecule has 0 aliphatic heterocycles. The van der Waals surface area contributed by atoms with Crippen LogP contribution in [0.2, 0.25) is 0 Å². The maximum Gasteiger partial charge on any atom is 0.0682 e. The second kappa shape index (κ2) is 7.98. The van der Waals surface area contributed by atoms with Gasteiger partial charge in [0, 0.05) is 0 Å². The zero-order valence-electron chi connectivity index (χ0n) is 14.8. The first-order chi connectivity index (χ1) is 11.7. The number of rotatable bonds is 4. The third-order valence-corrected chi connectivity index (χ3v) is 5.91. The summed E-state index contributed by atoms with van der Waals surface area (Å²) in [6, 6.07) is 21.3. The van der Waals surface area contributed by atoms with E-state index in [0.29, 0.717) is 11.8 Å². The highest BCUT2D eigenvalue weighted by Crippen LogP contribution is 2.39. The Morgan fingerprint density at radius 2 is 1.17 bits per heavy atom. The van der Waals surface area contributed by atoms with Gasteiger partial charge in [0.05, 0.1) is 5.60 Å². The molecule has 1 aliphatic carbocycles. The second-order valence-corrected chi connectivity index (χ2v) is 7.64. The summed E-state index contributed by atoms with van der Waals surface area (Å²) >= 11 is 0. The smallest absolute Gasteiger partial charge is 0.0682 e. The average molecular weight is 322 g/mol. The Kier molecular flexibility index (Phi) is 5.73. The van der Waals surface area contributed by atoms with Crippen molar-refractivity contribution < 1.29 is 5.11 Å². The van der Waals surface area contributed by atoms with Gasteiger partial charge in [0.1, 0.15) is 0 Å². The fourth-order valence-electron chi connectivity index (χ4n) is 4.29. The first kappa shape index (κ1) is 17.2. The number of aliphatic hydroxyl groups is 1. The van der Waals surface area contributed by atoms with E-state index < -0.39 is 5.60 Å². The van der Waals surface area contributed by atoms with Crippen molar-refractivity contribution in [1.82, 2.24) is 0 Å². The highest BCUT2D eigenvalue weighted by Gasteiger charge is 2.39. The molecule has 1 fully saturated rings. The first-order valence-corrected chi connectivity index (χ1v) is 9.46. The van der Waals surface area contributed by atoms with Crippen molar-refractivity contribution >= 4 is 0 Å². The fraction of sp³-hybridized carbons (Fsp3) is 0.478. The highest BCUT2D eigenvalue weighted by molar-refractivity contribution is 5.18. The lowest BCUT2D eigenvalue weighted by Gasteiger charge is -2.42. The average Bonchev–Trinajstić information content (AvgIpc) is 2.60. The Hall–Kier alpha value is -1.60. The van der Waals surface area contributed by atoms with Gasteiger partial charge in [0.25, 0.3) is 0 Å². The topological polar surface area (TPSA) is 20.2 Å². The molecule has 2 unspecified atom stereocenters. The van der Waals surface area contributed by atoms with Gasteiger partial charge in [0.2, 0.25) is 0 Å². The van der Waals surface area contributed by atoms with Crippen LogP contribution in [0.25, 0.3) is 0 Å². The third-order valence-electron chi connectivity index (χ3n) is 5.91. The minimum atomic E-state index is -0.605. The van der Waals surface area contributed by atoms with E-state index in [-0.39, 0.29) is 0 Å². The summed E-state index contributed by atoms with van der Waals surface area (Å²) < 4.78 is 0. The predicted molar refractivity (Wildman–Crippen MR) is 101 cm³/mol. The molecule has 0 bridgehead atoms.